The van der Waals surface area contributed by atoms with Crippen LogP contribution in [0.5, 0.6) is 0 Å². The van der Waals surface area contributed by atoms with Gasteiger partial charge in [0.2, 0.25) is 5.82 Å². The monoisotopic (exact) mass is 654 g/mol. The number of hydrogen-bond donors (Lipinski definition) is 4. The van der Waals surface area contributed by atoms with Gasteiger partial charge in [0.1, 0.15) is 5.69 Å². The Bertz CT molecular complexity index is 920. The van der Waals surface area contributed by atoms with Crippen molar-refractivity contribution in [3.8, 4) is 0 Å². The maximum absolute atomic E-state index is 10.9. The Morgan fingerprint density at radius 1 is 0.972 bits per heavy atom. The second kappa shape index (κ2) is 18.2. The molecule has 0 aliphatic carbocycles. The van der Waals surface area contributed by atoms with E-state index in [4.69, 9.17) is 49.6 Å². The van der Waals surface area contributed by atoms with Crippen molar-refractivity contribution in [2.75, 3.05) is 86.2 Å². The minimum absolute atomic E-state index is 0.121. The van der Waals surface area contributed by atoms with Gasteiger partial charge in [0, 0.05) is 45.2 Å². The van der Waals surface area contributed by atoms with E-state index in [0.29, 0.717) is 43.5 Å². The van der Waals surface area contributed by atoms with E-state index >= 15 is 0 Å². The molecule has 0 saturated carbocycles. The first-order valence-corrected chi connectivity index (χ1v) is 18.2. The number of morpholine rings is 2. The molecule has 2 saturated heterocycles. The standard InChI is InChI=1S/C9H12N4O3.C9H14N4O.C2H6O.2ClH.Sn/c10-7-1-2-11-9(8(7)13(14)15)12-3-5-16-6-4-12;10-7-1-2-12-9(8(7)11)13-3-5-14-6-4-13;1-2-3;;;/h1-2H,3-6H2,(H2,10,11);1-2H,3-6,11H2,(H2,10,12);3H,2H2,1H3;2*1H;/q;;;;;+2/p-2. The van der Waals surface area contributed by atoms with Gasteiger partial charge in [-0.25, -0.2) is 9.97 Å². The maximum atomic E-state index is 10.9. The third-order valence-electron chi connectivity index (χ3n) is 4.74. The van der Waals surface area contributed by atoms with Crippen LogP contribution in [0.25, 0.3) is 0 Å². The molecule has 0 spiro atoms. The van der Waals surface area contributed by atoms with Gasteiger partial charge < -0.3 is 41.6 Å². The summed E-state index contributed by atoms with van der Waals surface area (Å²) in [6.07, 6.45) is 3.16. The van der Waals surface area contributed by atoms with Gasteiger partial charge >= 0.3 is 42.4 Å². The SMILES string of the molecule is CCO.Nc1ccnc(N2CCOCC2)c1N.Nc1ccnc(N2CCOCC2)c1[N+](=O)[O-].[Cl][Sn][Cl]. The zero-order valence-electron chi connectivity index (χ0n) is 20.0. The van der Waals surface area contributed by atoms with E-state index in [1.165, 1.54) is 12.3 Å². The van der Waals surface area contributed by atoms with Crippen molar-refractivity contribution in [1.29, 1.82) is 0 Å². The Hall–Kier alpha value is -2.04. The number of nitrogens with two attached hydrogens (primary N) is 3. The Morgan fingerprint density at radius 2 is 1.36 bits per heavy atom. The first-order valence-electron chi connectivity index (χ1n) is 10.9. The Labute approximate surface area is 227 Å². The van der Waals surface area contributed by atoms with Crippen molar-refractivity contribution in [2.45, 2.75) is 6.92 Å². The van der Waals surface area contributed by atoms with Crippen LogP contribution in [0.3, 0.4) is 0 Å². The number of rotatable bonds is 3. The van der Waals surface area contributed by atoms with Gasteiger partial charge in [-0.05, 0) is 19.1 Å². The molecule has 2 radical (unpaired) electrons. The van der Waals surface area contributed by atoms with Crippen LogP contribution in [0.2, 0.25) is 0 Å². The molecule has 0 aromatic carbocycles. The topological polar surface area (TPSA) is 192 Å². The molecule has 0 bridgehead atoms. The number of halogens is 2. The van der Waals surface area contributed by atoms with Crippen LogP contribution in [-0.4, -0.2) is 98.1 Å². The molecule has 0 amide bonds. The number of aliphatic hydroxyl groups excluding tert-OH is 1. The predicted octanol–water partition coefficient (Wildman–Crippen LogP) is 1.49. The molecule has 4 rings (SSSR count). The molecule has 200 valence electrons. The van der Waals surface area contributed by atoms with Crippen LogP contribution >= 0.6 is 17.8 Å². The minimum atomic E-state index is -0.826. The molecular formula is C20H32Cl2N8O5Sn. The molecule has 16 heteroatoms. The third kappa shape index (κ3) is 10.5. The van der Waals surface area contributed by atoms with Crippen LogP contribution in [0, 0.1) is 10.1 Å². The normalized spacial score (nSPS) is 14.8. The summed E-state index contributed by atoms with van der Waals surface area (Å²) in [7, 11) is 9.87. The van der Waals surface area contributed by atoms with Crippen molar-refractivity contribution in [3.63, 3.8) is 0 Å². The fraction of sp³-hybridized carbons (Fsp3) is 0.500. The fourth-order valence-corrected chi connectivity index (χ4v) is 3.15. The van der Waals surface area contributed by atoms with Crippen LogP contribution < -0.4 is 27.0 Å². The van der Waals surface area contributed by atoms with Crippen molar-refractivity contribution in [2.24, 2.45) is 0 Å². The molecular weight excluding hydrogens is 622 g/mol. The van der Waals surface area contributed by atoms with E-state index < -0.39 is 23.8 Å². The molecule has 36 heavy (non-hydrogen) atoms. The van der Waals surface area contributed by atoms with Gasteiger partial charge in [-0.2, -0.15) is 0 Å². The van der Waals surface area contributed by atoms with Crippen LogP contribution in [0.4, 0.5) is 34.4 Å². The molecule has 0 unspecified atom stereocenters. The Balaban J connectivity index is 0.000000298. The summed E-state index contributed by atoms with van der Waals surface area (Å²) in [5.41, 5.74) is 18.3. The zero-order valence-corrected chi connectivity index (χ0v) is 24.3. The average molecular weight is 654 g/mol. The summed E-state index contributed by atoms with van der Waals surface area (Å²) in [4.78, 5) is 22.6. The van der Waals surface area contributed by atoms with Crippen LogP contribution in [0.1, 0.15) is 6.92 Å². The van der Waals surface area contributed by atoms with E-state index in [-0.39, 0.29) is 18.0 Å². The second-order valence-electron chi connectivity index (χ2n) is 7.05. The third-order valence-corrected chi connectivity index (χ3v) is 4.74. The van der Waals surface area contributed by atoms with Gasteiger partial charge in [0.25, 0.3) is 0 Å². The molecule has 7 N–H and O–H groups in total. The number of hydrogen-bond acceptors (Lipinski definition) is 12. The summed E-state index contributed by atoms with van der Waals surface area (Å²) in [5.74, 6) is 1.10. The zero-order chi connectivity index (χ0) is 26.9. The molecule has 2 aliphatic rings. The number of aromatic nitrogens is 2. The van der Waals surface area contributed by atoms with Gasteiger partial charge in [-0.15, -0.1) is 0 Å². The molecule has 2 aliphatic heterocycles. The van der Waals surface area contributed by atoms with Crippen molar-refractivity contribution >= 4 is 71.1 Å². The molecule has 2 fully saturated rings. The van der Waals surface area contributed by atoms with Gasteiger partial charge in [0.15, 0.2) is 5.82 Å². The summed E-state index contributed by atoms with van der Waals surface area (Å²) in [6, 6.07) is 3.14. The molecule has 0 atom stereocenters. The van der Waals surface area contributed by atoms with Crippen LogP contribution in [-0.2, 0) is 9.47 Å². The van der Waals surface area contributed by atoms with Gasteiger partial charge in [-0.1, -0.05) is 0 Å². The first-order chi connectivity index (χ1) is 17.3. The van der Waals surface area contributed by atoms with E-state index in [2.05, 4.69) is 14.9 Å². The molecule has 4 heterocycles. The summed E-state index contributed by atoms with van der Waals surface area (Å²) in [6.45, 7) is 7.29. The second-order valence-corrected chi connectivity index (χ2v) is 11.3. The van der Waals surface area contributed by atoms with Crippen molar-refractivity contribution in [1.82, 2.24) is 9.97 Å². The number of nitrogen functional groups attached to an aromatic ring is 3. The van der Waals surface area contributed by atoms with Crippen molar-refractivity contribution < 1.29 is 19.5 Å². The van der Waals surface area contributed by atoms with Gasteiger partial charge in [0.05, 0.1) is 42.7 Å². The number of ether oxygens (including phenoxy) is 2. The van der Waals surface area contributed by atoms with Crippen LogP contribution in [0.15, 0.2) is 24.5 Å². The first kappa shape index (κ1) is 32.0. The predicted molar refractivity (Wildman–Crippen MR) is 145 cm³/mol. The van der Waals surface area contributed by atoms with E-state index in [1.54, 1.807) is 19.2 Å². The number of pyridine rings is 2. The van der Waals surface area contributed by atoms with E-state index in [9.17, 15) is 10.1 Å². The average Bonchev–Trinajstić information content (AvgIpc) is 2.88. The molecule has 2 aromatic rings. The number of anilines is 5. The Morgan fingerprint density at radius 3 is 1.81 bits per heavy atom. The van der Waals surface area contributed by atoms with Crippen molar-refractivity contribution in [3.05, 3.63) is 34.6 Å². The quantitative estimate of drug-likeness (QED) is 0.212. The number of nitro groups is 1. The van der Waals surface area contributed by atoms with Gasteiger partial charge in [-0.3, -0.25) is 10.1 Å². The molecule has 2 aromatic heterocycles. The summed E-state index contributed by atoms with van der Waals surface area (Å²) < 4.78 is 10.4. The summed E-state index contributed by atoms with van der Waals surface area (Å²) >= 11 is -0.826. The van der Waals surface area contributed by atoms with E-state index in [1.807, 2.05) is 4.90 Å². The van der Waals surface area contributed by atoms with E-state index in [0.717, 1.165) is 32.1 Å². The number of nitrogens with zero attached hydrogens (tertiary/aromatic N) is 5. The number of aliphatic hydroxyl groups is 1. The fourth-order valence-electron chi connectivity index (χ4n) is 3.15. The summed E-state index contributed by atoms with van der Waals surface area (Å²) in [5, 5.41) is 18.5. The Kier molecular flexibility index (Phi) is 16.2. The molecule has 13 nitrogen and oxygen atoms in total.